The maximum atomic E-state index is 11.8. The highest BCUT2D eigenvalue weighted by atomic mass is 16.5. The van der Waals surface area contributed by atoms with Crippen LogP contribution < -0.4 is 10.1 Å². The molecule has 0 bridgehead atoms. The molecule has 6 nitrogen and oxygen atoms in total. The number of carbonyl (C=O) groups is 1. The zero-order valence-corrected chi connectivity index (χ0v) is 10.9. The molecule has 1 aromatic heterocycles. The minimum absolute atomic E-state index is 0.0620. The van der Waals surface area contributed by atoms with E-state index in [1.807, 2.05) is 13.8 Å². The van der Waals surface area contributed by atoms with Crippen molar-refractivity contribution in [2.45, 2.75) is 32.4 Å². The quantitative estimate of drug-likeness (QED) is 0.860. The highest BCUT2D eigenvalue weighted by Gasteiger charge is 2.29. The fourth-order valence-electron chi connectivity index (χ4n) is 1.86. The van der Waals surface area contributed by atoms with E-state index in [4.69, 9.17) is 4.74 Å². The molecule has 98 valence electrons. The first-order valence-electron chi connectivity index (χ1n) is 6.06. The maximum Gasteiger partial charge on any atom is 0.244 e. The maximum absolute atomic E-state index is 11.8. The van der Waals surface area contributed by atoms with Gasteiger partial charge in [-0.15, -0.1) is 0 Å². The molecule has 1 amide bonds. The average Bonchev–Trinajstić information content (AvgIpc) is 2.61. The molecule has 0 radical (unpaired) electrons. The minimum atomic E-state index is -0.197. The van der Waals surface area contributed by atoms with Crippen molar-refractivity contribution in [3.05, 3.63) is 12.4 Å². The molecule has 18 heavy (non-hydrogen) atoms. The Morgan fingerprint density at radius 1 is 1.50 bits per heavy atom. The lowest BCUT2D eigenvalue weighted by molar-refractivity contribution is -0.127. The van der Waals surface area contributed by atoms with Gasteiger partial charge in [0.25, 0.3) is 0 Å². The minimum Gasteiger partial charge on any atom is -0.475 e. The average molecular weight is 250 g/mol. The van der Waals surface area contributed by atoms with Crippen molar-refractivity contribution in [1.29, 1.82) is 0 Å². The Morgan fingerprint density at radius 3 is 2.89 bits per heavy atom. The molecule has 0 saturated carbocycles. The number of likely N-dealkylation sites (tertiary alicyclic amines) is 1. The highest BCUT2D eigenvalue weighted by molar-refractivity contribution is 5.86. The first-order chi connectivity index (χ1) is 8.56. The van der Waals surface area contributed by atoms with Gasteiger partial charge < -0.3 is 15.0 Å². The van der Waals surface area contributed by atoms with Gasteiger partial charge in [0.1, 0.15) is 18.2 Å². The Bertz CT molecular complexity index is 436. The second-order valence-electron chi connectivity index (χ2n) is 4.65. The van der Waals surface area contributed by atoms with Crippen molar-refractivity contribution in [1.82, 2.24) is 14.9 Å². The number of aromatic nitrogens is 2. The molecule has 2 heterocycles. The van der Waals surface area contributed by atoms with Crippen LogP contribution in [0.5, 0.6) is 5.88 Å². The Labute approximate surface area is 106 Å². The summed E-state index contributed by atoms with van der Waals surface area (Å²) in [6.07, 6.45) is 2.29. The van der Waals surface area contributed by atoms with E-state index in [9.17, 15) is 4.79 Å². The van der Waals surface area contributed by atoms with Crippen LogP contribution in [-0.2, 0) is 4.79 Å². The summed E-state index contributed by atoms with van der Waals surface area (Å²) in [4.78, 5) is 21.6. The van der Waals surface area contributed by atoms with E-state index in [1.165, 1.54) is 6.33 Å². The zero-order chi connectivity index (χ0) is 13.1. The number of anilines is 1. The third-order valence-corrected chi connectivity index (χ3v) is 2.75. The van der Waals surface area contributed by atoms with Gasteiger partial charge in [-0.05, 0) is 20.3 Å². The fraction of sp³-hybridized carbons (Fsp3) is 0.583. The van der Waals surface area contributed by atoms with Crippen LogP contribution in [0.3, 0.4) is 0 Å². The van der Waals surface area contributed by atoms with Crippen LogP contribution in [0.25, 0.3) is 0 Å². The molecule has 1 fully saturated rings. The number of ether oxygens (including phenoxy) is 1. The summed E-state index contributed by atoms with van der Waals surface area (Å²) in [5.74, 6) is 1.23. The van der Waals surface area contributed by atoms with Crippen LogP contribution in [0.1, 0.15) is 20.3 Å². The summed E-state index contributed by atoms with van der Waals surface area (Å²) in [5.41, 5.74) is 0. The molecule has 0 aromatic carbocycles. The molecule has 1 atom stereocenters. The molecule has 1 N–H and O–H groups in total. The van der Waals surface area contributed by atoms with Crippen LogP contribution >= 0.6 is 0 Å². The lowest BCUT2D eigenvalue weighted by Crippen LogP contribution is -2.31. The van der Waals surface area contributed by atoms with E-state index < -0.39 is 0 Å². The van der Waals surface area contributed by atoms with Crippen molar-refractivity contribution in [3.8, 4) is 5.88 Å². The predicted molar refractivity (Wildman–Crippen MR) is 67.5 cm³/mol. The Kier molecular flexibility index (Phi) is 3.64. The zero-order valence-electron chi connectivity index (χ0n) is 10.9. The van der Waals surface area contributed by atoms with E-state index >= 15 is 0 Å². The number of nitrogens with one attached hydrogen (secondary N) is 1. The molecule has 1 saturated heterocycles. The molecule has 1 aliphatic rings. The monoisotopic (exact) mass is 250 g/mol. The lowest BCUT2D eigenvalue weighted by Gasteiger charge is -2.14. The topological polar surface area (TPSA) is 67.3 Å². The van der Waals surface area contributed by atoms with E-state index in [2.05, 4.69) is 15.3 Å². The van der Waals surface area contributed by atoms with Gasteiger partial charge in [0.15, 0.2) is 0 Å². The van der Waals surface area contributed by atoms with Gasteiger partial charge in [0.2, 0.25) is 11.8 Å². The summed E-state index contributed by atoms with van der Waals surface area (Å²) in [5, 5.41) is 3.11. The van der Waals surface area contributed by atoms with Crippen LogP contribution in [-0.4, -0.2) is 46.5 Å². The molecule has 1 aromatic rings. The fourth-order valence-corrected chi connectivity index (χ4v) is 1.86. The van der Waals surface area contributed by atoms with Gasteiger partial charge in [-0.25, -0.2) is 9.97 Å². The predicted octanol–water partition coefficient (Wildman–Crippen LogP) is 0.906. The summed E-state index contributed by atoms with van der Waals surface area (Å²) in [6.45, 7) is 4.65. The number of amides is 1. The number of hydrogen-bond acceptors (Lipinski definition) is 5. The number of likely N-dealkylation sites (N-methyl/N-ethyl adjacent to an activating group) is 1. The van der Waals surface area contributed by atoms with Crippen molar-refractivity contribution >= 4 is 11.7 Å². The normalized spacial score (nSPS) is 19.4. The van der Waals surface area contributed by atoms with Crippen molar-refractivity contribution in [3.63, 3.8) is 0 Å². The molecular weight excluding hydrogens is 232 g/mol. The van der Waals surface area contributed by atoms with Gasteiger partial charge >= 0.3 is 0 Å². The molecule has 0 spiro atoms. The van der Waals surface area contributed by atoms with Gasteiger partial charge in [-0.1, -0.05) is 0 Å². The molecular formula is C12H18N4O2. The van der Waals surface area contributed by atoms with E-state index in [-0.39, 0.29) is 18.1 Å². The first-order valence-corrected chi connectivity index (χ1v) is 6.06. The summed E-state index contributed by atoms with van der Waals surface area (Å²) >= 11 is 0. The smallest absolute Gasteiger partial charge is 0.244 e. The Morgan fingerprint density at radius 2 is 2.28 bits per heavy atom. The Hall–Kier alpha value is -1.85. The van der Waals surface area contributed by atoms with Crippen LogP contribution in [0.15, 0.2) is 12.4 Å². The van der Waals surface area contributed by atoms with Crippen LogP contribution in [0.4, 0.5) is 5.82 Å². The summed E-state index contributed by atoms with van der Waals surface area (Å²) < 4.78 is 5.48. The van der Waals surface area contributed by atoms with Gasteiger partial charge in [0, 0.05) is 19.7 Å². The molecule has 1 aliphatic heterocycles. The SMILES string of the molecule is CC(C)Oc1cc(NC2CCN(C)C2=O)ncn1. The summed E-state index contributed by atoms with van der Waals surface area (Å²) in [6, 6.07) is 1.52. The van der Waals surface area contributed by atoms with Crippen molar-refractivity contribution in [2.75, 3.05) is 18.9 Å². The number of rotatable bonds is 4. The molecule has 1 unspecified atom stereocenters. The number of carbonyl (C=O) groups excluding carboxylic acids is 1. The second-order valence-corrected chi connectivity index (χ2v) is 4.65. The van der Waals surface area contributed by atoms with E-state index in [1.54, 1.807) is 18.0 Å². The van der Waals surface area contributed by atoms with Gasteiger partial charge in [-0.2, -0.15) is 0 Å². The van der Waals surface area contributed by atoms with Gasteiger partial charge in [0.05, 0.1) is 6.10 Å². The lowest BCUT2D eigenvalue weighted by atomic mass is 10.2. The first kappa shape index (κ1) is 12.6. The van der Waals surface area contributed by atoms with Crippen molar-refractivity contribution < 1.29 is 9.53 Å². The van der Waals surface area contributed by atoms with Gasteiger partial charge in [-0.3, -0.25) is 4.79 Å². The van der Waals surface area contributed by atoms with Crippen molar-refractivity contribution in [2.24, 2.45) is 0 Å². The second kappa shape index (κ2) is 5.20. The van der Waals surface area contributed by atoms with E-state index in [0.29, 0.717) is 11.7 Å². The van der Waals surface area contributed by atoms with Crippen LogP contribution in [0.2, 0.25) is 0 Å². The Balaban J connectivity index is 2.03. The molecule has 2 rings (SSSR count). The third-order valence-electron chi connectivity index (χ3n) is 2.75. The molecule has 6 heteroatoms. The largest absolute Gasteiger partial charge is 0.475 e. The highest BCUT2D eigenvalue weighted by Crippen LogP contribution is 2.17. The standard InChI is InChI=1S/C12H18N4O2/c1-8(2)18-11-6-10(13-7-14-11)15-9-4-5-16(3)12(9)17/h6-9H,4-5H2,1-3H3,(H,13,14,15). The number of hydrogen-bond donors (Lipinski definition) is 1. The van der Waals surface area contributed by atoms with Crippen LogP contribution in [0, 0.1) is 0 Å². The van der Waals surface area contributed by atoms with E-state index in [0.717, 1.165) is 13.0 Å². The number of nitrogens with zero attached hydrogens (tertiary/aromatic N) is 3. The third kappa shape index (κ3) is 2.88. The molecule has 0 aliphatic carbocycles. The summed E-state index contributed by atoms with van der Waals surface area (Å²) in [7, 11) is 1.80.